The summed E-state index contributed by atoms with van der Waals surface area (Å²) in [6, 6.07) is 6.41. The van der Waals surface area contributed by atoms with Crippen molar-refractivity contribution in [3.8, 4) is 0 Å². The number of hydrogen-bond donors (Lipinski definition) is 1. The summed E-state index contributed by atoms with van der Waals surface area (Å²) in [5, 5.41) is 7.18. The second kappa shape index (κ2) is 6.34. The van der Waals surface area contributed by atoms with Gasteiger partial charge in [-0.1, -0.05) is 11.2 Å². The van der Waals surface area contributed by atoms with E-state index in [4.69, 9.17) is 9.26 Å². The summed E-state index contributed by atoms with van der Waals surface area (Å²) >= 11 is 1.47. The third-order valence-corrected chi connectivity index (χ3v) is 3.86. The molecule has 0 amide bonds. The van der Waals surface area contributed by atoms with Crippen LogP contribution in [0.2, 0.25) is 0 Å². The monoisotopic (exact) mass is 295 g/mol. The van der Waals surface area contributed by atoms with E-state index in [0.717, 1.165) is 11.4 Å². The molecule has 0 saturated carbocycles. The second-order valence-electron chi connectivity index (χ2n) is 4.38. The fraction of sp³-hybridized carbons (Fsp3) is 0.385. The molecule has 1 atom stereocenters. The normalized spacial score (nSPS) is 19.1. The highest BCUT2D eigenvalue weighted by Crippen LogP contribution is 2.23. The van der Waals surface area contributed by atoms with E-state index in [-0.39, 0.29) is 11.9 Å². The number of benzene rings is 1. The molecule has 1 N–H and O–H groups in total. The van der Waals surface area contributed by atoms with Crippen molar-refractivity contribution in [2.24, 2.45) is 0 Å². The highest BCUT2D eigenvalue weighted by Gasteiger charge is 2.21. The van der Waals surface area contributed by atoms with E-state index in [1.54, 1.807) is 6.07 Å². The van der Waals surface area contributed by atoms with Crippen molar-refractivity contribution in [3.05, 3.63) is 41.8 Å². The van der Waals surface area contributed by atoms with Crippen LogP contribution in [0.1, 0.15) is 17.8 Å². The fourth-order valence-electron chi connectivity index (χ4n) is 1.90. The minimum absolute atomic E-state index is 0.0378. The maximum absolute atomic E-state index is 13.1. The van der Waals surface area contributed by atoms with Gasteiger partial charge in [-0.05, 0) is 18.2 Å². The van der Waals surface area contributed by atoms with E-state index >= 15 is 0 Å². The summed E-state index contributed by atoms with van der Waals surface area (Å²) in [6.45, 7) is 2.02. The second-order valence-corrected chi connectivity index (χ2v) is 5.43. The SMILES string of the molecule is Fc1cccc(SCc2noc(C3COCCN3)n2)c1. The maximum atomic E-state index is 13.1. The van der Waals surface area contributed by atoms with Gasteiger partial charge in [-0.15, -0.1) is 11.8 Å². The number of nitrogens with zero attached hydrogens (tertiary/aromatic N) is 2. The lowest BCUT2D eigenvalue weighted by molar-refractivity contribution is 0.0659. The van der Waals surface area contributed by atoms with Crippen LogP contribution in [0, 0.1) is 5.82 Å². The van der Waals surface area contributed by atoms with Crippen molar-refractivity contribution in [2.45, 2.75) is 16.7 Å². The highest BCUT2D eigenvalue weighted by atomic mass is 32.2. The molecule has 1 aromatic carbocycles. The Morgan fingerprint density at radius 1 is 1.45 bits per heavy atom. The van der Waals surface area contributed by atoms with Crippen LogP contribution < -0.4 is 5.32 Å². The molecule has 1 fully saturated rings. The van der Waals surface area contributed by atoms with Gasteiger partial charge in [0, 0.05) is 11.4 Å². The van der Waals surface area contributed by atoms with Crippen molar-refractivity contribution in [1.82, 2.24) is 15.5 Å². The molecule has 1 aliphatic rings. The quantitative estimate of drug-likeness (QED) is 0.872. The van der Waals surface area contributed by atoms with Gasteiger partial charge in [0.15, 0.2) is 5.82 Å². The molecule has 0 radical (unpaired) electrons. The third kappa shape index (κ3) is 3.36. The molecular weight excluding hydrogens is 281 g/mol. The lowest BCUT2D eigenvalue weighted by Crippen LogP contribution is -2.34. The minimum atomic E-state index is -0.243. The zero-order chi connectivity index (χ0) is 13.8. The fourth-order valence-corrected chi connectivity index (χ4v) is 2.68. The van der Waals surface area contributed by atoms with Gasteiger partial charge in [0.25, 0.3) is 0 Å². The third-order valence-electron chi connectivity index (χ3n) is 2.87. The number of aromatic nitrogens is 2. The first-order valence-electron chi connectivity index (χ1n) is 6.33. The molecule has 0 aliphatic carbocycles. The molecule has 106 valence electrons. The van der Waals surface area contributed by atoms with Crippen molar-refractivity contribution >= 4 is 11.8 Å². The molecule has 0 bridgehead atoms. The molecule has 1 saturated heterocycles. The molecule has 0 spiro atoms. The van der Waals surface area contributed by atoms with Gasteiger partial charge in [-0.2, -0.15) is 4.98 Å². The van der Waals surface area contributed by atoms with Crippen molar-refractivity contribution in [3.63, 3.8) is 0 Å². The smallest absolute Gasteiger partial charge is 0.246 e. The van der Waals surface area contributed by atoms with Gasteiger partial charge in [-0.3, -0.25) is 0 Å². The number of morpholine rings is 1. The summed E-state index contributed by atoms with van der Waals surface area (Å²) in [4.78, 5) is 5.18. The van der Waals surface area contributed by atoms with E-state index < -0.39 is 0 Å². The lowest BCUT2D eigenvalue weighted by atomic mass is 10.3. The van der Waals surface area contributed by atoms with Crippen molar-refractivity contribution in [1.29, 1.82) is 0 Å². The number of thioether (sulfide) groups is 1. The van der Waals surface area contributed by atoms with Gasteiger partial charge in [-0.25, -0.2) is 4.39 Å². The topological polar surface area (TPSA) is 60.2 Å². The molecule has 20 heavy (non-hydrogen) atoms. The molecule has 1 aliphatic heterocycles. The zero-order valence-electron chi connectivity index (χ0n) is 10.7. The van der Waals surface area contributed by atoms with E-state index in [9.17, 15) is 4.39 Å². The summed E-state index contributed by atoms with van der Waals surface area (Å²) in [5.74, 6) is 1.44. The molecule has 1 unspecified atom stereocenters. The number of rotatable bonds is 4. The van der Waals surface area contributed by atoms with E-state index in [0.29, 0.717) is 30.7 Å². The number of nitrogens with one attached hydrogen (secondary N) is 1. The van der Waals surface area contributed by atoms with Crippen LogP contribution in [0.5, 0.6) is 0 Å². The summed E-state index contributed by atoms with van der Waals surface area (Å²) in [7, 11) is 0. The Balaban J connectivity index is 1.59. The molecule has 5 nitrogen and oxygen atoms in total. The minimum Gasteiger partial charge on any atom is -0.378 e. The Bertz CT molecular complexity index is 572. The first kappa shape index (κ1) is 13.5. The maximum Gasteiger partial charge on any atom is 0.246 e. The van der Waals surface area contributed by atoms with Crippen LogP contribution in [0.25, 0.3) is 0 Å². The van der Waals surface area contributed by atoms with E-state index in [2.05, 4.69) is 15.5 Å². The predicted octanol–water partition coefficient (Wildman–Crippen LogP) is 2.16. The van der Waals surface area contributed by atoms with E-state index in [1.807, 2.05) is 6.07 Å². The average Bonchev–Trinajstić information content (AvgIpc) is 2.95. The van der Waals surface area contributed by atoms with Crippen LogP contribution >= 0.6 is 11.8 Å². The first-order chi connectivity index (χ1) is 9.81. The standard InChI is InChI=1S/C13H14FN3O2S/c14-9-2-1-3-10(6-9)20-8-12-16-13(19-17-12)11-7-18-5-4-15-11/h1-3,6,11,15H,4-5,7-8H2. The van der Waals surface area contributed by atoms with Crippen molar-refractivity contribution < 1.29 is 13.7 Å². The Labute approximate surface area is 119 Å². The van der Waals surface area contributed by atoms with E-state index in [1.165, 1.54) is 23.9 Å². The Morgan fingerprint density at radius 2 is 2.40 bits per heavy atom. The molecule has 2 aromatic rings. The lowest BCUT2D eigenvalue weighted by Gasteiger charge is -2.20. The Kier molecular flexibility index (Phi) is 4.29. The van der Waals surface area contributed by atoms with Crippen LogP contribution in [0.4, 0.5) is 4.39 Å². The predicted molar refractivity (Wildman–Crippen MR) is 71.8 cm³/mol. The van der Waals surface area contributed by atoms with Gasteiger partial charge < -0.3 is 14.6 Å². The van der Waals surface area contributed by atoms with Crippen LogP contribution in [-0.4, -0.2) is 29.9 Å². The zero-order valence-corrected chi connectivity index (χ0v) is 11.5. The average molecular weight is 295 g/mol. The highest BCUT2D eigenvalue weighted by molar-refractivity contribution is 7.98. The van der Waals surface area contributed by atoms with Crippen molar-refractivity contribution in [2.75, 3.05) is 19.8 Å². The van der Waals surface area contributed by atoms with Gasteiger partial charge >= 0.3 is 0 Å². The molecule has 3 rings (SSSR count). The van der Waals surface area contributed by atoms with Gasteiger partial charge in [0.05, 0.1) is 19.0 Å². The Hall–Kier alpha value is -1.44. The van der Waals surface area contributed by atoms with Crippen LogP contribution in [0.15, 0.2) is 33.7 Å². The molecule has 1 aromatic heterocycles. The first-order valence-corrected chi connectivity index (χ1v) is 7.32. The van der Waals surface area contributed by atoms with Crippen LogP contribution in [0.3, 0.4) is 0 Å². The Morgan fingerprint density at radius 3 is 3.20 bits per heavy atom. The summed E-state index contributed by atoms with van der Waals surface area (Å²) < 4.78 is 23.6. The number of hydrogen-bond acceptors (Lipinski definition) is 6. The molecule has 7 heteroatoms. The molecular formula is C13H14FN3O2S. The largest absolute Gasteiger partial charge is 0.378 e. The van der Waals surface area contributed by atoms with Gasteiger partial charge in [0.2, 0.25) is 5.89 Å². The molecule has 2 heterocycles. The summed E-state index contributed by atoms with van der Waals surface area (Å²) in [6.07, 6.45) is 0. The summed E-state index contributed by atoms with van der Waals surface area (Å²) in [5.41, 5.74) is 0. The number of ether oxygens (including phenoxy) is 1. The van der Waals surface area contributed by atoms with Gasteiger partial charge in [0.1, 0.15) is 11.9 Å². The number of halogens is 1. The van der Waals surface area contributed by atoms with Crippen LogP contribution in [-0.2, 0) is 10.5 Å².